The van der Waals surface area contributed by atoms with Gasteiger partial charge in [-0.3, -0.25) is 0 Å². The molecule has 1 heterocycles. The Morgan fingerprint density at radius 1 is 1.35 bits per heavy atom. The number of nitrogen functional groups attached to an aromatic ring is 1. The summed E-state index contributed by atoms with van der Waals surface area (Å²) >= 11 is 0. The van der Waals surface area contributed by atoms with Crippen LogP contribution in [0.1, 0.15) is 44.7 Å². The molecular weight excluding hydrogens is 250 g/mol. The van der Waals surface area contributed by atoms with Crippen LogP contribution in [0.25, 0.3) is 11.4 Å². The highest BCUT2D eigenvalue weighted by molar-refractivity contribution is 5.72. The SMILES string of the molecule is Cc1ccc(N)c(-c2nnnn2C2CCC(C)(C)C2)c1. The number of tetrazole rings is 1. The first-order valence-electron chi connectivity index (χ1n) is 7.11. The molecule has 0 amide bonds. The Morgan fingerprint density at radius 2 is 2.15 bits per heavy atom. The fourth-order valence-corrected chi connectivity index (χ4v) is 3.09. The van der Waals surface area contributed by atoms with Crippen LogP contribution in [0.15, 0.2) is 18.2 Å². The molecule has 0 spiro atoms. The Balaban J connectivity index is 2.01. The van der Waals surface area contributed by atoms with Gasteiger partial charge in [0.15, 0.2) is 5.82 Å². The Hall–Kier alpha value is -1.91. The Labute approximate surface area is 119 Å². The summed E-state index contributed by atoms with van der Waals surface area (Å²) in [6.45, 7) is 6.66. The molecule has 3 rings (SSSR count). The van der Waals surface area contributed by atoms with E-state index >= 15 is 0 Å². The van der Waals surface area contributed by atoms with Gasteiger partial charge in [0.2, 0.25) is 0 Å². The van der Waals surface area contributed by atoms with Gasteiger partial charge in [-0.25, -0.2) is 4.68 Å². The normalized spacial score (nSPS) is 21.2. The van der Waals surface area contributed by atoms with Gasteiger partial charge in [-0.05, 0) is 54.2 Å². The monoisotopic (exact) mass is 271 g/mol. The second-order valence-corrected chi connectivity index (χ2v) is 6.60. The van der Waals surface area contributed by atoms with Crippen LogP contribution in [-0.2, 0) is 0 Å². The molecule has 1 atom stereocenters. The summed E-state index contributed by atoms with van der Waals surface area (Å²) in [7, 11) is 0. The highest BCUT2D eigenvalue weighted by Crippen LogP contribution is 2.44. The zero-order valence-electron chi connectivity index (χ0n) is 12.3. The zero-order valence-corrected chi connectivity index (χ0v) is 12.3. The smallest absolute Gasteiger partial charge is 0.184 e. The predicted octanol–water partition coefficient (Wildman–Crippen LogP) is 2.98. The van der Waals surface area contributed by atoms with Gasteiger partial charge in [-0.2, -0.15) is 0 Å². The van der Waals surface area contributed by atoms with Crippen molar-refractivity contribution in [2.75, 3.05) is 5.73 Å². The molecular formula is C15H21N5. The van der Waals surface area contributed by atoms with Crippen LogP contribution >= 0.6 is 0 Å². The van der Waals surface area contributed by atoms with Crippen molar-refractivity contribution in [1.82, 2.24) is 20.2 Å². The van der Waals surface area contributed by atoms with Crippen molar-refractivity contribution in [3.63, 3.8) is 0 Å². The first-order valence-corrected chi connectivity index (χ1v) is 7.11. The minimum atomic E-state index is 0.367. The van der Waals surface area contributed by atoms with Crippen LogP contribution < -0.4 is 5.73 Å². The second kappa shape index (κ2) is 4.58. The second-order valence-electron chi connectivity index (χ2n) is 6.60. The zero-order chi connectivity index (χ0) is 14.3. The van der Waals surface area contributed by atoms with E-state index in [0.29, 0.717) is 11.5 Å². The van der Waals surface area contributed by atoms with E-state index in [4.69, 9.17) is 5.73 Å². The number of aryl methyl sites for hydroxylation is 1. The van der Waals surface area contributed by atoms with Crippen molar-refractivity contribution in [2.45, 2.75) is 46.1 Å². The number of nitrogens with zero attached hydrogens (tertiary/aromatic N) is 4. The quantitative estimate of drug-likeness (QED) is 0.852. The lowest BCUT2D eigenvalue weighted by Crippen LogP contribution is -2.12. The van der Waals surface area contributed by atoms with E-state index in [0.717, 1.165) is 35.5 Å². The fraction of sp³-hybridized carbons (Fsp3) is 0.533. The molecule has 1 saturated carbocycles. The molecule has 0 bridgehead atoms. The first kappa shape index (κ1) is 13.1. The number of hydrogen-bond acceptors (Lipinski definition) is 4. The summed E-state index contributed by atoms with van der Waals surface area (Å²) in [5.74, 6) is 0.786. The number of benzene rings is 1. The Kier molecular flexibility index (Phi) is 3.00. The summed E-state index contributed by atoms with van der Waals surface area (Å²) in [6.07, 6.45) is 3.44. The maximum Gasteiger partial charge on any atom is 0.184 e. The lowest BCUT2D eigenvalue weighted by Gasteiger charge is -2.18. The van der Waals surface area contributed by atoms with Crippen molar-refractivity contribution >= 4 is 5.69 Å². The van der Waals surface area contributed by atoms with Crippen molar-refractivity contribution < 1.29 is 0 Å². The van der Waals surface area contributed by atoms with E-state index in [1.54, 1.807) is 0 Å². The lowest BCUT2D eigenvalue weighted by molar-refractivity contribution is 0.349. The third-order valence-electron chi connectivity index (χ3n) is 4.23. The third kappa shape index (κ3) is 2.28. The van der Waals surface area contributed by atoms with Gasteiger partial charge in [0.05, 0.1) is 6.04 Å². The molecule has 1 fully saturated rings. The van der Waals surface area contributed by atoms with E-state index in [2.05, 4.69) is 42.4 Å². The molecule has 2 aromatic rings. The van der Waals surface area contributed by atoms with Crippen LogP contribution in [0.2, 0.25) is 0 Å². The molecule has 5 heteroatoms. The van der Waals surface area contributed by atoms with E-state index in [1.165, 1.54) is 6.42 Å². The van der Waals surface area contributed by atoms with Crippen molar-refractivity contribution in [3.05, 3.63) is 23.8 Å². The highest BCUT2D eigenvalue weighted by Gasteiger charge is 2.34. The van der Waals surface area contributed by atoms with Gasteiger partial charge >= 0.3 is 0 Å². The summed E-state index contributed by atoms with van der Waals surface area (Å²) in [5, 5.41) is 12.3. The average molecular weight is 271 g/mol. The van der Waals surface area contributed by atoms with Crippen LogP contribution in [0.5, 0.6) is 0 Å². The van der Waals surface area contributed by atoms with Gasteiger partial charge in [-0.1, -0.05) is 25.5 Å². The van der Waals surface area contributed by atoms with E-state index in [1.807, 2.05) is 16.8 Å². The number of hydrogen-bond donors (Lipinski definition) is 1. The van der Waals surface area contributed by atoms with E-state index < -0.39 is 0 Å². The van der Waals surface area contributed by atoms with Crippen LogP contribution in [-0.4, -0.2) is 20.2 Å². The molecule has 1 aliphatic carbocycles. The standard InChI is InChI=1S/C15H21N5/c1-10-4-5-13(16)12(8-10)14-17-18-19-20(14)11-6-7-15(2,3)9-11/h4-5,8,11H,6-7,9,16H2,1-3H3. The topological polar surface area (TPSA) is 69.6 Å². The molecule has 5 nitrogen and oxygen atoms in total. The molecule has 20 heavy (non-hydrogen) atoms. The summed E-state index contributed by atoms with van der Waals surface area (Å²) < 4.78 is 1.96. The average Bonchev–Trinajstić information content (AvgIpc) is 2.98. The number of nitrogens with two attached hydrogens (primary N) is 1. The third-order valence-corrected chi connectivity index (χ3v) is 4.23. The maximum absolute atomic E-state index is 6.09. The van der Waals surface area contributed by atoms with Gasteiger partial charge < -0.3 is 5.73 Å². The molecule has 106 valence electrons. The number of anilines is 1. The molecule has 1 unspecified atom stereocenters. The summed E-state index contributed by atoms with van der Waals surface area (Å²) in [6, 6.07) is 6.35. The first-order chi connectivity index (χ1) is 9.46. The lowest BCUT2D eigenvalue weighted by atomic mass is 9.92. The minimum absolute atomic E-state index is 0.367. The van der Waals surface area contributed by atoms with Crippen molar-refractivity contribution in [3.8, 4) is 11.4 Å². The number of rotatable bonds is 2. The summed E-state index contributed by atoms with van der Waals surface area (Å²) in [5.41, 5.74) is 9.28. The highest BCUT2D eigenvalue weighted by atomic mass is 15.5. The summed E-state index contributed by atoms with van der Waals surface area (Å²) in [4.78, 5) is 0. The van der Waals surface area contributed by atoms with Crippen LogP contribution in [0.3, 0.4) is 0 Å². The van der Waals surface area contributed by atoms with E-state index in [-0.39, 0.29) is 0 Å². The van der Waals surface area contributed by atoms with Gasteiger partial charge in [0, 0.05) is 11.3 Å². The van der Waals surface area contributed by atoms with Crippen molar-refractivity contribution in [2.24, 2.45) is 5.41 Å². The maximum atomic E-state index is 6.09. The molecule has 0 aliphatic heterocycles. The molecule has 1 aromatic carbocycles. The number of aromatic nitrogens is 4. The predicted molar refractivity (Wildman–Crippen MR) is 79.1 cm³/mol. The van der Waals surface area contributed by atoms with Crippen LogP contribution in [0, 0.1) is 12.3 Å². The molecule has 1 aromatic heterocycles. The fourth-order valence-electron chi connectivity index (χ4n) is 3.09. The minimum Gasteiger partial charge on any atom is -0.398 e. The molecule has 1 aliphatic rings. The van der Waals surface area contributed by atoms with Crippen molar-refractivity contribution in [1.29, 1.82) is 0 Å². The van der Waals surface area contributed by atoms with Gasteiger partial charge in [0.25, 0.3) is 0 Å². The van der Waals surface area contributed by atoms with Gasteiger partial charge in [-0.15, -0.1) is 5.10 Å². The van der Waals surface area contributed by atoms with E-state index in [9.17, 15) is 0 Å². The molecule has 2 N–H and O–H groups in total. The Bertz CT molecular complexity index is 629. The molecule has 0 saturated heterocycles. The Morgan fingerprint density at radius 3 is 2.85 bits per heavy atom. The largest absolute Gasteiger partial charge is 0.398 e. The molecule has 0 radical (unpaired) electrons. The van der Waals surface area contributed by atoms with Crippen LogP contribution in [0.4, 0.5) is 5.69 Å². The van der Waals surface area contributed by atoms with Gasteiger partial charge in [0.1, 0.15) is 0 Å².